The fraction of sp³-hybridized carbons (Fsp3) is 0.143. The number of carbonyl (C=O) groups excluding carboxylic acids is 1. The molecule has 6 heteroatoms. The van der Waals surface area contributed by atoms with Crippen LogP contribution in [0.15, 0.2) is 29.6 Å². The molecule has 0 saturated heterocycles. The second-order valence-electron chi connectivity index (χ2n) is 4.29. The van der Waals surface area contributed by atoms with Gasteiger partial charge in [-0.15, -0.1) is 11.3 Å². The average Bonchev–Trinajstić information content (AvgIpc) is 2.69. The van der Waals surface area contributed by atoms with E-state index in [0.29, 0.717) is 21.2 Å². The van der Waals surface area contributed by atoms with Crippen LogP contribution in [0.1, 0.15) is 20.8 Å². The fourth-order valence-corrected chi connectivity index (χ4v) is 2.88. The van der Waals surface area contributed by atoms with Crippen molar-refractivity contribution in [3.63, 3.8) is 0 Å². The number of amides is 1. The fourth-order valence-electron chi connectivity index (χ4n) is 1.70. The average molecular weight is 310 g/mol. The first-order valence-corrected chi connectivity index (χ1v) is 7.09. The minimum absolute atomic E-state index is 0.0808. The summed E-state index contributed by atoms with van der Waals surface area (Å²) < 4.78 is 0. The number of benzene rings is 1. The molecule has 2 N–H and O–H groups in total. The summed E-state index contributed by atoms with van der Waals surface area (Å²) >= 11 is 7.32. The number of carboxylic acid groups (broad SMARTS) is 1. The van der Waals surface area contributed by atoms with Crippen molar-refractivity contribution in [1.82, 2.24) is 0 Å². The topological polar surface area (TPSA) is 66.4 Å². The Labute approximate surface area is 125 Å². The van der Waals surface area contributed by atoms with Crippen LogP contribution in [0.4, 0.5) is 5.69 Å². The maximum absolute atomic E-state index is 12.1. The smallest absolute Gasteiger partial charge is 0.307 e. The Kier molecular flexibility index (Phi) is 4.42. The van der Waals surface area contributed by atoms with E-state index >= 15 is 0 Å². The van der Waals surface area contributed by atoms with Crippen molar-refractivity contribution in [2.75, 3.05) is 5.32 Å². The van der Waals surface area contributed by atoms with Crippen LogP contribution in [0, 0.1) is 6.92 Å². The summed E-state index contributed by atoms with van der Waals surface area (Å²) in [7, 11) is 0. The molecule has 2 aromatic rings. The third-order valence-electron chi connectivity index (χ3n) is 2.65. The highest BCUT2D eigenvalue weighted by molar-refractivity contribution is 7.13. The molecule has 0 aliphatic carbocycles. The van der Waals surface area contributed by atoms with Crippen LogP contribution in [0.3, 0.4) is 0 Å². The molecule has 0 spiro atoms. The van der Waals surface area contributed by atoms with Crippen molar-refractivity contribution in [3.8, 4) is 0 Å². The molecule has 4 nitrogen and oxygen atoms in total. The molecule has 0 aliphatic rings. The molecule has 2 rings (SSSR count). The number of nitrogens with one attached hydrogen (secondary N) is 1. The third-order valence-corrected chi connectivity index (χ3v) is 4.34. The number of rotatable bonds is 4. The summed E-state index contributed by atoms with van der Waals surface area (Å²) in [5.74, 6) is -1.20. The van der Waals surface area contributed by atoms with Gasteiger partial charge < -0.3 is 10.4 Å². The predicted octanol–water partition coefficient (Wildman–Crippen LogP) is 3.59. The van der Waals surface area contributed by atoms with Crippen LogP contribution in [0.2, 0.25) is 5.02 Å². The predicted molar refractivity (Wildman–Crippen MR) is 79.8 cm³/mol. The van der Waals surface area contributed by atoms with Crippen molar-refractivity contribution in [2.45, 2.75) is 13.3 Å². The quantitative estimate of drug-likeness (QED) is 0.907. The Morgan fingerprint density at radius 3 is 2.75 bits per heavy atom. The first-order valence-electron chi connectivity index (χ1n) is 5.83. The number of halogens is 1. The lowest BCUT2D eigenvalue weighted by Gasteiger charge is -2.06. The Morgan fingerprint density at radius 2 is 2.15 bits per heavy atom. The first kappa shape index (κ1) is 14.6. The Bertz CT molecular complexity index is 666. The third kappa shape index (κ3) is 3.37. The van der Waals surface area contributed by atoms with E-state index in [2.05, 4.69) is 5.32 Å². The lowest BCUT2D eigenvalue weighted by Crippen LogP contribution is -2.11. The molecular formula is C14H12ClNO3S. The van der Waals surface area contributed by atoms with Crippen LogP contribution in [-0.2, 0) is 11.2 Å². The lowest BCUT2D eigenvalue weighted by atomic mass is 10.1. The van der Waals surface area contributed by atoms with Crippen molar-refractivity contribution in [2.24, 2.45) is 0 Å². The van der Waals surface area contributed by atoms with Crippen LogP contribution < -0.4 is 5.32 Å². The Hall–Kier alpha value is -1.85. The maximum atomic E-state index is 12.1. The molecule has 1 aromatic carbocycles. The Morgan fingerprint density at radius 1 is 1.40 bits per heavy atom. The van der Waals surface area contributed by atoms with Gasteiger partial charge in [0.1, 0.15) is 4.88 Å². The van der Waals surface area contributed by atoms with Crippen LogP contribution in [0.5, 0.6) is 0 Å². The molecule has 0 unspecified atom stereocenters. The molecular weight excluding hydrogens is 298 g/mol. The van der Waals surface area contributed by atoms with Crippen molar-refractivity contribution in [1.29, 1.82) is 0 Å². The monoisotopic (exact) mass is 309 g/mol. The van der Waals surface area contributed by atoms with Gasteiger partial charge >= 0.3 is 5.97 Å². The summed E-state index contributed by atoms with van der Waals surface area (Å²) in [6.07, 6.45) is -0.0808. The van der Waals surface area contributed by atoms with Gasteiger partial charge in [0, 0.05) is 5.69 Å². The van der Waals surface area contributed by atoms with Crippen molar-refractivity contribution in [3.05, 3.63) is 50.7 Å². The molecule has 20 heavy (non-hydrogen) atoms. The molecule has 0 radical (unpaired) electrons. The normalized spacial score (nSPS) is 10.3. The summed E-state index contributed by atoms with van der Waals surface area (Å²) in [5.41, 5.74) is 2.04. The van der Waals surface area contributed by atoms with Gasteiger partial charge in [0.15, 0.2) is 0 Å². The van der Waals surface area contributed by atoms with Gasteiger partial charge in [0.2, 0.25) is 0 Å². The highest BCUT2D eigenvalue weighted by Crippen LogP contribution is 2.28. The minimum Gasteiger partial charge on any atom is -0.481 e. The number of aliphatic carboxylic acids is 1. The van der Waals surface area contributed by atoms with Gasteiger partial charge in [-0.05, 0) is 35.6 Å². The van der Waals surface area contributed by atoms with Gasteiger partial charge in [-0.1, -0.05) is 23.7 Å². The largest absolute Gasteiger partial charge is 0.481 e. The van der Waals surface area contributed by atoms with E-state index in [1.165, 1.54) is 11.3 Å². The zero-order valence-electron chi connectivity index (χ0n) is 10.6. The van der Waals surface area contributed by atoms with E-state index in [0.717, 1.165) is 5.56 Å². The van der Waals surface area contributed by atoms with Crippen molar-refractivity contribution < 1.29 is 14.7 Å². The molecule has 0 bridgehead atoms. The molecule has 0 aliphatic heterocycles. The van der Waals surface area contributed by atoms with Crippen LogP contribution >= 0.6 is 22.9 Å². The summed E-state index contributed by atoms with van der Waals surface area (Å²) in [5, 5.41) is 13.7. The molecule has 0 fully saturated rings. The highest BCUT2D eigenvalue weighted by Gasteiger charge is 2.14. The number of hydrogen-bond donors (Lipinski definition) is 2. The van der Waals surface area contributed by atoms with E-state index in [4.69, 9.17) is 16.7 Å². The number of carbonyl (C=O) groups is 2. The van der Waals surface area contributed by atoms with E-state index in [1.807, 2.05) is 12.3 Å². The van der Waals surface area contributed by atoms with Crippen LogP contribution in [-0.4, -0.2) is 17.0 Å². The van der Waals surface area contributed by atoms with Gasteiger partial charge in [0.25, 0.3) is 5.91 Å². The number of carboxylic acids is 1. The summed E-state index contributed by atoms with van der Waals surface area (Å²) in [6.45, 7) is 1.84. The number of anilines is 1. The summed E-state index contributed by atoms with van der Waals surface area (Å²) in [4.78, 5) is 23.2. The zero-order chi connectivity index (χ0) is 14.7. The number of hydrogen-bond acceptors (Lipinski definition) is 3. The number of thiophene rings is 1. The van der Waals surface area contributed by atoms with Gasteiger partial charge in [-0.2, -0.15) is 0 Å². The molecule has 104 valence electrons. The van der Waals surface area contributed by atoms with Crippen molar-refractivity contribution >= 4 is 40.5 Å². The van der Waals surface area contributed by atoms with Crippen LogP contribution in [0.25, 0.3) is 0 Å². The van der Waals surface area contributed by atoms with E-state index in [9.17, 15) is 9.59 Å². The van der Waals surface area contributed by atoms with E-state index in [1.54, 1.807) is 24.3 Å². The second-order valence-corrected chi connectivity index (χ2v) is 5.54. The second kappa shape index (κ2) is 6.07. The van der Waals surface area contributed by atoms with Gasteiger partial charge in [-0.25, -0.2) is 0 Å². The maximum Gasteiger partial charge on any atom is 0.307 e. The van der Waals surface area contributed by atoms with E-state index < -0.39 is 5.97 Å². The first-order chi connectivity index (χ1) is 9.47. The molecule has 1 aromatic heterocycles. The molecule has 1 heterocycles. The molecule has 0 saturated carbocycles. The number of aryl methyl sites for hydroxylation is 1. The highest BCUT2D eigenvalue weighted by atomic mass is 35.5. The minimum atomic E-state index is -0.912. The Balaban J connectivity index is 2.15. The summed E-state index contributed by atoms with van der Waals surface area (Å²) in [6, 6.07) is 6.75. The zero-order valence-corrected chi connectivity index (χ0v) is 12.2. The molecule has 1 amide bonds. The van der Waals surface area contributed by atoms with Gasteiger partial charge in [-0.3, -0.25) is 9.59 Å². The SMILES string of the molecule is Cc1csc(C(=O)Nc2cccc(CC(=O)O)c2)c1Cl. The lowest BCUT2D eigenvalue weighted by molar-refractivity contribution is -0.136. The standard InChI is InChI=1S/C14H12ClNO3S/c1-8-7-20-13(12(8)15)14(19)16-10-4-2-3-9(5-10)6-11(17)18/h2-5,7H,6H2,1H3,(H,16,19)(H,17,18). The van der Waals surface area contributed by atoms with Gasteiger partial charge in [0.05, 0.1) is 11.4 Å². The molecule has 0 atom stereocenters. The van der Waals surface area contributed by atoms with E-state index in [-0.39, 0.29) is 12.3 Å².